The topological polar surface area (TPSA) is 47.1 Å². The van der Waals surface area contributed by atoms with E-state index in [4.69, 9.17) is 0 Å². The Hall–Kier alpha value is -1.14. The van der Waals surface area contributed by atoms with Gasteiger partial charge in [0.25, 0.3) is 0 Å². The second kappa shape index (κ2) is 2.75. The maximum absolute atomic E-state index is 11.8. The molecular weight excluding hydrogens is 208 g/mol. The molecular formula is C10H14N4O2. The lowest BCUT2D eigenvalue weighted by molar-refractivity contribution is -0.143. The van der Waals surface area contributed by atoms with Gasteiger partial charge < -0.3 is 9.80 Å². The highest BCUT2D eigenvalue weighted by atomic mass is 16.2. The van der Waals surface area contributed by atoms with Gasteiger partial charge in [-0.15, -0.1) is 0 Å². The van der Waals surface area contributed by atoms with Crippen LogP contribution in [0.2, 0.25) is 0 Å². The van der Waals surface area contributed by atoms with Gasteiger partial charge in [0, 0.05) is 39.3 Å². The molecule has 16 heavy (non-hydrogen) atoms. The molecule has 0 spiro atoms. The van der Waals surface area contributed by atoms with Gasteiger partial charge in [-0.1, -0.05) is 0 Å². The molecule has 86 valence electrons. The van der Waals surface area contributed by atoms with Gasteiger partial charge in [0.1, 0.15) is 12.3 Å². The van der Waals surface area contributed by atoms with Gasteiger partial charge in [-0.2, -0.15) is 0 Å². The van der Waals surface area contributed by atoms with E-state index in [0.29, 0.717) is 13.1 Å². The highest BCUT2D eigenvalue weighted by Crippen LogP contribution is 2.34. The van der Waals surface area contributed by atoms with Crippen molar-refractivity contribution >= 4 is 11.8 Å². The SMILES string of the molecule is O=C1C(=O)N2CCN3CCN4CCN1[C@H]2[C@H]34. The van der Waals surface area contributed by atoms with Crippen molar-refractivity contribution in [2.24, 2.45) is 0 Å². The zero-order valence-corrected chi connectivity index (χ0v) is 9.00. The molecule has 6 heteroatoms. The van der Waals surface area contributed by atoms with Crippen molar-refractivity contribution in [3.63, 3.8) is 0 Å². The zero-order valence-electron chi connectivity index (χ0n) is 9.00. The van der Waals surface area contributed by atoms with E-state index in [1.165, 1.54) is 0 Å². The molecule has 2 amide bonds. The second-order valence-electron chi connectivity index (χ2n) is 4.90. The average molecular weight is 222 g/mol. The standard InChI is InChI=1S/C10H14N4O2/c15-9-10(16)14-6-4-12-2-1-11-3-5-13(9)8(14)7(11)12/h7-8H,1-6H2/t7-,8+. The Morgan fingerprint density at radius 2 is 1.12 bits per heavy atom. The van der Waals surface area contributed by atoms with Crippen LogP contribution in [0.15, 0.2) is 0 Å². The number of carbonyl (C=O) groups is 2. The van der Waals surface area contributed by atoms with E-state index in [1.54, 1.807) is 9.80 Å². The molecule has 4 heterocycles. The van der Waals surface area contributed by atoms with E-state index in [9.17, 15) is 9.59 Å². The predicted molar refractivity (Wildman–Crippen MR) is 54.1 cm³/mol. The summed E-state index contributed by atoms with van der Waals surface area (Å²) < 4.78 is 0. The Balaban J connectivity index is 1.79. The van der Waals surface area contributed by atoms with Crippen molar-refractivity contribution in [2.75, 3.05) is 39.3 Å². The highest BCUT2D eigenvalue weighted by molar-refractivity contribution is 6.36. The molecule has 0 aromatic rings. The molecule has 6 nitrogen and oxygen atoms in total. The number of hydrogen-bond donors (Lipinski definition) is 0. The van der Waals surface area contributed by atoms with Crippen LogP contribution in [-0.4, -0.2) is 83.0 Å². The zero-order chi connectivity index (χ0) is 10.9. The molecule has 0 radical (unpaired) electrons. The lowest BCUT2D eigenvalue weighted by atomic mass is 10.2. The summed E-state index contributed by atoms with van der Waals surface area (Å²) in [7, 11) is 0. The maximum Gasteiger partial charge on any atom is 0.313 e. The van der Waals surface area contributed by atoms with E-state index >= 15 is 0 Å². The molecule has 0 saturated carbocycles. The molecule has 4 aliphatic heterocycles. The lowest BCUT2D eigenvalue weighted by Gasteiger charge is -2.48. The van der Waals surface area contributed by atoms with Gasteiger partial charge >= 0.3 is 11.8 Å². The third kappa shape index (κ3) is 0.860. The Morgan fingerprint density at radius 3 is 1.62 bits per heavy atom. The summed E-state index contributed by atoms with van der Waals surface area (Å²) in [6.07, 6.45) is 0.253. The van der Waals surface area contributed by atoms with Crippen LogP contribution in [-0.2, 0) is 9.59 Å². The smallest absolute Gasteiger partial charge is 0.310 e. The molecule has 4 aliphatic rings. The summed E-state index contributed by atoms with van der Waals surface area (Å²) in [6, 6.07) is 0. The van der Waals surface area contributed by atoms with Gasteiger partial charge in [-0.3, -0.25) is 19.4 Å². The molecule has 0 atom stereocenters. The first-order valence-electron chi connectivity index (χ1n) is 5.87. The fraction of sp³-hybridized carbons (Fsp3) is 0.800. The normalized spacial score (nSPS) is 38.5. The minimum absolute atomic E-state index is 0.00926. The molecule has 0 N–H and O–H groups in total. The van der Waals surface area contributed by atoms with Crippen molar-refractivity contribution in [1.29, 1.82) is 0 Å². The first kappa shape index (κ1) is 8.95. The fourth-order valence-electron chi connectivity index (χ4n) is 3.53. The minimum Gasteiger partial charge on any atom is -0.310 e. The quantitative estimate of drug-likeness (QED) is 0.443. The van der Waals surface area contributed by atoms with Gasteiger partial charge in [-0.25, -0.2) is 0 Å². The molecule has 4 fully saturated rings. The van der Waals surface area contributed by atoms with Crippen LogP contribution in [0.25, 0.3) is 0 Å². The van der Waals surface area contributed by atoms with Gasteiger partial charge in [0.2, 0.25) is 0 Å². The van der Waals surface area contributed by atoms with Gasteiger partial charge in [0.05, 0.1) is 0 Å². The minimum atomic E-state index is -0.293. The fourth-order valence-corrected chi connectivity index (χ4v) is 3.53. The third-order valence-electron chi connectivity index (χ3n) is 4.29. The number of hydrogen-bond acceptors (Lipinski definition) is 4. The van der Waals surface area contributed by atoms with E-state index in [1.807, 2.05) is 0 Å². The van der Waals surface area contributed by atoms with Crippen molar-refractivity contribution < 1.29 is 9.59 Å². The average Bonchev–Trinajstić information content (AvgIpc) is 2.82. The van der Waals surface area contributed by atoms with Crippen molar-refractivity contribution in [3.05, 3.63) is 0 Å². The van der Waals surface area contributed by atoms with E-state index < -0.39 is 0 Å². The molecule has 0 unspecified atom stereocenters. The van der Waals surface area contributed by atoms with Crippen LogP contribution >= 0.6 is 0 Å². The van der Waals surface area contributed by atoms with Crippen LogP contribution in [0.1, 0.15) is 0 Å². The summed E-state index contributed by atoms with van der Waals surface area (Å²) >= 11 is 0. The van der Waals surface area contributed by atoms with Crippen molar-refractivity contribution in [1.82, 2.24) is 19.6 Å². The lowest BCUT2D eigenvalue weighted by Crippen LogP contribution is -2.67. The Bertz CT molecular complexity index is 351. The second-order valence-corrected chi connectivity index (χ2v) is 4.90. The highest BCUT2D eigenvalue weighted by Gasteiger charge is 2.57. The maximum atomic E-state index is 11.8. The summed E-state index contributed by atoms with van der Waals surface area (Å²) in [6.45, 7) is 5.37. The molecule has 0 aromatic heterocycles. The third-order valence-corrected chi connectivity index (χ3v) is 4.29. The van der Waals surface area contributed by atoms with E-state index in [0.717, 1.165) is 26.2 Å². The molecule has 0 aliphatic carbocycles. The Kier molecular flexibility index (Phi) is 1.54. The van der Waals surface area contributed by atoms with Crippen LogP contribution in [0.4, 0.5) is 0 Å². The van der Waals surface area contributed by atoms with Crippen LogP contribution in [0.3, 0.4) is 0 Å². The molecule has 4 saturated heterocycles. The summed E-state index contributed by atoms with van der Waals surface area (Å²) in [5.41, 5.74) is 0. The number of amides is 2. The summed E-state index contributed by atoms with van der Waals surface area (Å²) in [5.74, 6) is -0.586. The first-order chi connectivity index (χ1) is 7.77. The number of carbonyl (C=O) groups excluding carboxylic acids is 2. The van der Waals surface area contributed by atoms with Gasteiger partial charge in [0.15, 0.2) is 0 Å². The Labute approximate surface area is 93.4 Å². The van der Waals surface area contributed by atoms with Crippen LogP contribution in [0, 0.1) is 0 Å². The summed E-state index contributed by atoms with van der Waals surface area (Å²) in [5, 5.41) is 0. The molecule has 0 bridgehead atoms. The largest absolute Gasteiger partial charge is 0.313 e. The molecule has 4 rings (SSSR count). The monoisotopic (exact) mass is 222 g/mol. The van der Waals surface area contributed by atoms with E-state index in [-0.39, 0.29) is 24.1 Å². The van der Waals surface area contributed by atoms with Crippen LogP contribution in [0.5, 0.6) is 0 Å². The predicted octanol–water partition coefficient (Wildman–Crippen LogP) is -2.05. The number of nitrogens with zero attached hydrogens (tertiary/aromatic N) is 4. The summed E-state index contributed by atoms with van der Waals surface area (Å²) in [4.78, 5) is 32.0. The van der Waals surface area contributed by atoms with Gasteiger partial charge in [-0.05, 0) is 0 Å². The Morgan fingerprint density at radius 1 is 0.688 bits per heavy atom. The van der Waals surface area contributed by atoms with E-state index in [2.05, 4.69) is 9.80 Å². The van der Waals surface area contributed by atoms with Crippen molar-refractivity contribution in [2.45, 2.75) is 12.3 Å². The van der Waals surface area contributed by atoms with Crippen LogP contribution < -0.4 is 0 Å². The first-order valence-corrected chi connectivity index (χ1v) is 5.87. The van der Waals surface area contributed by atoms with Crippen molar-refractivity contribution in [3.8, 4) is 0 Å². The number of piperazine rings is 2. The molecule has 0 aromatic carbocycles. The number of rotatable bonds is 0.